The Morgan fingerprint density at radius 2 is 0.800 bits per heavy atom. The van der Waals surface area contributed by atoms with Crippen LogP contribution in [0.25, 0.3) is 0 Å². The second-order valence-electron chi connectivity index (χ2n) is 0. The Morgan fingerprint density at radius 3 is 0.800 bits per heavy atom. The molecule has 2 N–H and O–H groups in total. The van der Waals surface area contributed by atoms with Gasteiger partial charge in [0.15, 0.2) is 0 Å². The van der Waals surface area contributed by atoms with Crippen LogP contribution in [0.3, 0.4) is 0 Å². The monoisotopic (exact) mass is 120 g/mol. The van der Waals surface area contributed by atoms with E-state index in [9.17, 15) is 0 Å². The minimum atomic E-state index is 0. The van der Waals surface area contributed by atoms with Crippen LogP contribution in [0.15, 0.2) is 0 Å². The predicted octanol–water partition coefficient (Wildman–Crippen LogP) is 0.915. The molecule has 0 bridgehead atoms. The molecule has 3 heteroatoms. The van der Waals surface area contributed by atoms with Crippen LogP contribution < -0.4 is 0 Å². The minimum absolute atomic E-state index is 0. The molecule has 2 nitrogen and oxygen atoms in total. The first kappa shape index (κ1) is 51.7. The Labute approximate surface area is 43.2 Å². The van der Waals surface area contributed by atoms with E-state index in [1.807, 2.05) is 0 Å². The number of hydrogen-bond donors (Lipinski definition) is 2. The zero-order chi connectivity index (χ0) is 2.00. The van der Waals surface area contributed by atoms with Gasteiger partial charge in [0.2, 0.25) is 0 Å². The van der Waals surface area contributed by atoms with Gasteiger partial charge in [-0.2, -0.15) is 0 Å². The van der Waals surface area contributed by atoms with Crippen molar-refractivity contribution in [1.29, 1.82) is 0 Å². The third kappa shape index (κ3) is 137. The maximum atomic E-state index is 6.00. The predicted molar refractivity (Wildman–Crippen MR) is 18.1 cm³/mol. The molecule has 0 unspecified atom stereocenters. The molecule has 0 aliphatic heterocycles. The van der Waals surface area contributed by atoms with Crippen LogP contribution in [0.4, 0.5) is 0 Å². The molecule has 0 aromatic rings. The Balaban J connectivity index is -0.00000000167. The van der Waals surface area contributed by atoms with Gasteiger partial charge in [0.05, 0.1) is 0 Å². The van der Waals surface area contributed by atoms with Gasteiger partial charge >= 0.3 is 17.1 Å². The number of hydrogen-bond acceptors (Lipinski definition) is 2. The van der Waals surface area contributed by atoms with Crippen molar-refractivity contribution >= 4 is 0 Å². The van der Waals surface area contributed by atoms with Gasteiger partial charge in [-0.3, -0.25) is 10.5 Å². The van der Waals surface area contributed by atoms with Crippen LogP contribution in [-0.4, -0.2) is 10.5 Å². The first-order chi connectivity index (χ1) is 1.00. The van der Waals surface area contributed by atoms with E-state index in [0.29, 0.717) is 0 Å². The summed E-state index contributed by atoms with van der Waals surface area (Å²) >= 11 is 0. The van der Waals surface area contributed by atoms with Gasteiger partial charge in [0.25, 0.3) is 0 Å². The van der Waals surface area contributed by atoms with Crippen LogP contribution in [0, 0.1) is 14.9 Å². The molecule has 0 aliphatic carbocycles. The second kappa shape index (κ2) is 272. The Kier molecular flexibility index (Phi) is 2810. The van der Waals surface area contributed by atoms with E-state index in [0.717, 1.165) is 0 Å². The van der Waals surface area contributed by atoms with E-state index < -0.39 is 0 Å². The van der Waals surface area contributed by atoms with Gasteiger partial charge in [-0.1, -0.05) is 0 Å². The van der Waals surface area contributed by atoms with E-state index in [4.69, 9.17) is 10.5 Å². The first-order valence-electron chi connectivity index (χ1n) is 0.200. The van der Waals surface area contributed by atoms with Crippen molar-refractivity contribution in [2.75, 3.05) is 0 Å². The van der Waals surface area contributed by atoms with E-state index in [-0.39, 0.29) is 31.9 Å². The van der Waals surface area contributed by atoms with Crippen molar-refractivity contribution in [2.45, 2.75) is 0 Å². The van der Waals surface area contributed by atoms with Crippen molar-refractivity contribution in [3.05, 3.63) is 14.9 Å². The van der Waals surface area contributed by atoms with Crippen molar-refractivity contribution in [2.24, 2.45) is 0 Å². The third-order valence-corrected chi connectivity index (χ3v) is 0. The summed E-state index contributed by atoms with van der Waals surface area (Å²) < 4.78 is 0. The summed E-state index contributed by atoms with van der Waals surface area (Å²) in [6.45, 7) is 0. The Hall–Kier alpha value is 0.439. The van der Waals surface area contributed by atoms with Gasteiger partial charge in [0, 0.05) is 0 Å². The summed E-state index contributed by atoms with van der Waals surface area (Å²) in [6, 6.07) is 0. The largest absolute Gasteiger partial charge is 2.00 e. The van der Waals surface area contributed by atoms with Crippen molar-refractivity contribution in [3.8, 4) is 0 Å². The van der Waals surface area contributed by atoms with E-state index in [1.54, 1.807) is 0 Å². The summed E-state index contributed by atoms with van der Waals surface area (Å²) in [6.07, 6.45) is 0. The molecule has 0 heterocycles. The van der Waals surface area contributed by atoms with Gasteiger partial charge in [0.1, 0.15) is 0 Å². The second-order valence-corrected chi connectivity index (χ2v) is 0. The maximum absolute atomic E-state index is 6.00. The van der Waals surface area contributed by atoms with Crippen LogP contribution in [0.1, 0.15) is 0 Å². The van der Waals surface area contributed by atoms with Crippen LogP contribution in [-0.2, 0) is 17.1 Å². The molecule has 0 aromatic carbocycles. The molecule has 0 amide bonds. The first-order valence-corrected chi connectivity index (χ1v) is 0.200. The normalized spacial score (nSPS) is 1.20. The summed E-state index contributed by atoms with van der Waals surface area (Å²) in [5.41, 5.74) is 0. The molecule has 0 rings (SSSR count). The Bertz CT molecular complexity index is 7.61. The van der Waals surface area contributed by atoms with Crippen LogP contribution in [0.5, 0.6) is 0 Å². The summed E-state index contributed by atoms with van der Waals surface area (Å²) in [5, 5.41) is 12.0. The molecule has 0 spiro atoms. The topological polar surface area (TPSA) is 40.5 Å². The van der Waals surface area contributed by atoms with Crippen molar-refractivity contribution < 1.29 is 27.6 Å². The molecule has 0 fully saturated rings. The molecular formula is C2H8FeO2. The fourth-order valence-corrected chi connectivity index (χ4v) is 0. The van der Waals surface area contributed by atoms with Crippen molar-refractivity contribution in [1.82, 2.24) is 0 Å². The van der Waals surface area contributed by atoms with E-state index in [2.05, 4.69) is 0 Å². The summed E-state index contributed by atoms with van der Waals surface area (Å²) in [7, 11) is 0. The SMILES string of the molecule is OO.[CH3-].[CH3-].[Fe+2]. The Morgan fingerprint density at radius 1 is 0.800 bits per heavy atom. The minimum Gasteiger partial charge on any atom is -0.358 e. The van der Waals surface area contributed by atoms with E-state index in [1.165, 1.54) is 0 Å². The summed E-state index contributed by atoms with van der Waals surface area (Å²) in [4.78, 5) is 0. The molecule has 0 radical (unpaired) electrons. The molecular weight excluding hydrogens is 112 g/mol. The molecule has 5 heavy (non-hydrogen) atoms. The zero-order valence-corrected chi connectivity index (χ0v) is 4.35. The standard InChI is InChI=1S/2CH3.Fe.H2O2/c;;;1-2/h2*1H3;;1-2H/q2*-1;+2;. The molecule has 0 saturated heterocycles. The average molecular weight is 120 g/mol. The third-order valence-electron chi connectivity index (χ3n) is 0. The van der Waals surface area contributed by atoms with Crippen molar-refractivity contribution in [3.63, 3.8) is 0 Å². The molecule has 0 saturated carbocycles. The maximum Gasteiger partial charge on any atom is 2.00 e. The summed E-state index contributed by atoms with van der Waals surface area (Å²) in [5.74, 6) is 0. The molecule has 0 aromatic heterocycles. The fourth-order valence-electron chi connectivity index (χ4n) is 0. The van der Waals surface area contributed by atoms with Gasteiger partial charge in [-0.05, 0) is 0 Å². The van der Waals surface area contributed by atoms with Gasteiger partial charge < -0.3 is 14.9 Å². The molecule has 36 valence electrons. The molecule has 0 atom stereocenters. The van der Waals surface area contributed by atoms with Crippen LogP contribution in [0.2, 0.25) is 0 Å². The molecule has 0 aliphatic rings. The average Bonchev–Trinajstić information content (AvgIpc) is 1.00. The fraction of sp³-hybridized carbons (Fsp3) is 0. The number of rotatable bonds is 0. The quantitative estimate of drug-likeness (QED) is 0.216. The van der Waals surface area contributed by atoms with Gasteiger partial charge in [-0.15, -0.1) is 0 Å². The zero-order valence-electron chi connectivity index (χ0n) is 3.25. The van der Waals surface area contributed by atoms with Gasteiger partial charge in [-0.25, -0.2) is 0 Å². The smallest absolute Gasteiger partial charge is 0.358 e. The van der Waals surface area contributed by atoms with Crippen LogP contribution >= 0.6 is 0 Å². The van der Waals surface area contributed by atoms with E-state index >= 15 is 0 Å².